The number of anilines is 1. The maximum atomic E-state index is 11.7. The number of aromatic nitrogens is 4. The smallest absolute Gasteiger partial charge is 0.252 e. The lowest BCUT2D eigenvalue weighted by Crippen LogP contribution is -2.29. The molecular formula is C21H22N6O2. The van der Waals surface area contributed by atoms with Crippen LogP contribution in [0.5, 0.6) is 0 Å². The van der Waals surface area contributed by atoms with Crippen molar-refractivity contribution in [2.45, 2.75) is 19.3 Å². The van der Waals surface area contributed by atoms with Crippen LogP contribution in [0.4, 0.5) is 5.82 Å². The highest BCUT2D eigenvalue weighted by molar-refractivity contribution is 5.94. The zero-order valence-electron chi connectivity index (χ0n) is 16.2. The van der Waals surface area contributed by atoms with Crippen LogP contribution in [0, 0.1) is 0 Å². The minimum Gasteiger partial charge on any atom is -0.357 e. The first kappa shape index (κ1) is 18.8. The van der Waals surface area contributed by atoms with Gasteiger partial charge in [-0.2, -0.15) is 4.98 Å². The molecule has 1 fully saturated rings. The summed E-state index contributed by atoms with van der Waals surface area (Å²) in [6, 6.07) is 5.71. The molecule has 0 aliphatic carbocycles. The fourth-order valence-corrected chi connectivity index (χ4v) is 3.23. The Morgan fingerprint density at radius 3 is 2.76 bits per heavy atom. The molecule has 3 aromatic rings. The lowest BCUT2D eigenvalue weighted by Gasteiger charge is -2.27. The summed E-state index contributed by atoms with van der Waals surface area (Å²) in [4.78, 5) is 27.0. The van der Waals surface area contributed by atoms with Gasteiger partial charge in [0.15, 0.2) is 0 Å². The van der Waals surface area contributed by atoms with Gasteiger partial charge in [-0.3, -0.25) is 9.78 Å². The van der Waals surface area contributed by atoms with Gasteiger partial charge in [-0.1, -0.05) is 5.16 Å². The summed E-state index contributed by atoms with van der Waals surface area (Å²) in [5.41, 5.74) is 2.05. The van der Waals surface area contributed by atoms with Crippen LogP contribution in [0.3, 0.4) is 0 Å². The third-order valence-corrected chi connectivity index (χ3v) is 4.79. The van der Waals surface area contributed by atoms with Gasteiger partial charge in [0.1, 0.15) is 5.82 Å². The van der Waals surface area contributed by atoms with Crippen molar-refractivity contribution in [3.63, 3.8) is 0 Å². The van der Waals surface area contributed by atoms with Gasteiger partial charge in [-0.25, -0.2) is 4.98 Å². The van der Waals surface area contributed by atoms with Gasteiger partial charge < -0.3 is 14.7 Å². The molecule has 0 saturated carbocycles. The normalized spacial score (nSPS) is 14.3. The lowest BCUT2D eigenvalue weighted by molar-refractivity contribution is 0.0962. The number of nitrogens with zero attached hydrogens (tertiary/aromatic N) is 5. The van der Waals surface area contributed by atoms with Crippen molar-refractivity contribution in [1.29, 1.82) is 0 Å². The number of carbonyl (C=O) groups is 1. The minimum atomic E-state index is -0.187. The van der Waals surface area contributed by atoms with Crippen LogP contribution < -0.4 is 10.2 Å². The summed E-state index contributed by atoms with van der Waals surface area (Å²) >= 11 is 0. The monoisotopic (exact) mass is 390 g/mol. The van der Waals surface area contributed by atoms with Crippen molar-refractivity contribution in [3.05, 3.63) is 53.8 Å². The van der Waals surface area contributed by atoms with Gasteiger partial charge >= 0.3 is 0 Å². The average molecular weight is 390 g/mol. The minimum absolute atomic E-state index is 0.187. The number of rotatable bonds is 5. The van der Waals surface area contributed by atoms with Crippen LogP contribution in [0.15, 0.2) is 41.3 Å². The standard InChI is InChI=1S/C21H22N6O2/c1-22-21(28)17-11-15(12-23-13-17)5-8-19-25-20(26-29-19)16-6-7-18(24-14-16)27-9-3-2-4-10-27/h5-8,11-14H,2-4,9-10H2,1H3,(H,22,28). The molecule has 1 aliphatic rings. The molecule has 1 N–H and O–H groups in total. The largest absolute Gasteiger partial charge is 0.357 e. The van der Waals surface area contributed by atoms with Crippen molar-refractivity contribution >= 4 is 23.9 Å². The fourth-order valence-electron chi connectivity index (χ4n) is 3.23. The lowest BCUT2D eigenvalue weighted by atomic mass is 10.1. The van der Waals surface area contributed by atoms with Crippen LogP contribution in [0.2, 0.25) is 0 Å². The summed E-state index contributed by atoms with van der Waals surface area (Å²) in [5, 5.41) is 6.60. The van der Waals surface area contributed by atoms with Gasteiger partial charge in [0.25, 0.3) is 11.8 Å². The predicted octanol–water partition coefficient (Wildman–Crippen LogP) is 3.05. The first-order valence-electron chi connectivity index (χ1n) is 9.63. The second-order valence-corrected chi connectivity index (χ2v) is 6.83. The summed E-state index contributed by atoms with van der Waals surface area (Å²) < 4.78 is 5.30. The Bertz CT molecular complexity index is 1010. The molecule has 0 spiro atoms. The molecule has 29 heavy (non-hydrogen) atoms. The zero-order chi connectivity index (χ0) is 20.1. The van der Waals surface area contributed by atoms with E-state index >= 15 is 0 Å². The maximum Gasteiger partial charge on any atom is 0.252 e. The number of amides is 1. The molecular weight excluding hydrogens is 368 g/mol. The molecule has 0 aromatic carbocycles. The number of nitrogens with one attached hydrogen (secondary N) is 1. The second kappa shape index (κ2) is 8.64. The number of hydrogen-bond donors (Lipinski definition) is 1. The Labute approximate surface area is 168 Å². The molecule has 8 nitrogen and oxygen atoms in total. The van der Waals surface area contributed by atoms with E-state index < -0.39 is 0 Å². The van der Waals surface area contributed by atoms with Crippen LogP contribution in [-0.2, 0) is 0 Å². The highest BCUT2D eigenvalue weighted by Crippen LogP contribution is 2.21. The molecule has 4 rings (SSSR count). The molecule has 3 aromatic heterocycles. The van der Waals surface area contributed by atoms with E-state index in [9.17, 15) is 4.79 Å². The second-order valence-electron chi connectivity index (χ2n) is 6.83. The predicted molar refractivity (Wildman–Crippen MR) is 110 cm³/mol. The quantitative estimate of drug-likeness (QED) is 0.715. The van der Waals surface area contributed by atoms with Gasteiger partial charge in [-0.15, -0.1) is 0 Å². The summed E-state index contributed by atoms with van der Waals surface area (Å²) in [5.74, 6) is 1.65. The zero-order valence-corrected chi connectivity index (χ0v) is 16.2. The third-order valence-electron chi connectivity index (χ3n) is 4.79. The van der Waals surface area contributed by atoms with Gasteiger partial charge in [0.2, 0.25) is 5.82 Å². The van der Waals surface area contributed by atoms with Crippen LogP contribution in [-0.4, -0.2) is 46.2 Å². The molecule has 148 valence electrons. The Kier molecular flexibility index (Phi) is 5.60. The number of piperidine rings is 1. The Morgan fingerprint density at radius 1 is 1.14 bits per heavy atom. The van der Waals surface area contributed by atoms with E-state index in [2.05, 4.69) is 30.3 Å². The van der Waals surface area contributed by atoms with E-state index in [1.54, 1.807) is 37.7 Å². The van der Waals surface area contributed by atoms with E-state index in [0.29, 0.717) is 17.3 Å². The average Bonchev–Trinajstić information content (AvgIpc) is 3.27. The van der Waals surface area contributed by atoms with E-state index in [1.165, 1.54) is 25.5 Å². The molecule has 4 heterocycles. The molecule has 0 unspecified atom stereocenters. The summed E-state index contributed by atoms with van der Waals surface area (Å²) in [6.07, 6.45) is 12.1. The van der Waals surface area contributed by atoms with Crippen LogP contribution in [0.1, 0.15) is 41.1 Å². The van der Waals surface area contributed by atoms with E-state index in [0.717, 1.165) is 30.0 Å². The van der Waals surface area contributed by atoms with E-state index in [-0.39, 0.29) is 5.91 Å². The van der Waals surface area contributed by atoms with Crippen molar-refractivity contribution < 1.29 is 9.32 Å². The van der Waals surface area contributed by atoms with Crippen molar-refractivity contribution in [1.82, 2.24) is 25.4 Å². The summed E-state index contributed by atoms with van der Waals surface area (Å²) in [7, 11) is 1.58. The van der Waals surface area contributed by atoms with Crippen LogP contribution in [0.25, 0.3) is 23.5 Å². The van der Waals surface area contributed by atoms with Crippen molar-refractivity contribution in [2.24, 2.45) is 0 Å². The molecule has 0 atom stereocenters. The highest BCUT2D eigenvalue weighted by Gasteiger charge is 2.13. The number of hydrogen-bond acceptors (Lipinski definition) is 7. The van der Waals surface area contributed by atoms with E-state index in [1.807, 2.05) is 12.1 Å². The highest BCUT2D eigenvalue weighted by atomic mass is 16.5. The first-order valence-corrected chi connectivity index (χ1v) is 9.63. The first-order chi connectivity index (χ1) is 14.2. The Hall–Kier alpha value is -3.55. The molecule has 8 heteroatoms. The van der Waals surface area contributed by atoms with Crippen LogP contribution >= 0.6 is 0 Å². The van der Waals surface area contributed by atoms with Gasteiger partial charge in [0, 0.05) is 50.4 Å². The maximum absolute atomic E-state index is 11.7. The number of pyridine rings is 2. The fraction of sp³-hybridized carbons (Fsp3) is 0.286. The molecule has 0 radical (unpaired) electrons. The van der Waals surface area contributed by atoms with Crippen molar-refractivity contribution in [2.75, 3.05) is 25.0 Å². The molecule has 1 aliphatic heterocycles. The molecule has 0 bridgehead atoms. The topological polar surface area (TPSA) is 97.0 Å². The van der Waals surface area contributed by atoms with Gasteiger partial charge in [-0.05, 0) is 49.1 Å². The van der Waals surface area contributed by atoms with Crippen molar-refractivity contribution in [3.8, 4) is 11.4 Å². The van der Waals surface area contributed by atoms with E-state index in [4.69, 9.17) is 4.52 Å². The Balaban J connectivity index is 1.45. The van der Waals surface area contributed by atoms with Gasteiger partial charge in [0.05, 0.1) is 5.56 Å². The summed E-state index contributed by atoms with van der Waals surface area (Å²) in [6.45, 7) is 2.11. The Morgan fingerprint density at radius 2 is 2.00 bits per heavy atom. The molecule has 1 saturated heterocycles. The SMILES string of the molecule is CNC(=O)c1cncc(C=Cc2nc(-c3ccc(N4CCCCC4)nc3)no2)c1. The molecule has 1 amide bonds. The third kappa shape index (κ3) is 4.48. The number of carbonyl (C=O) groups excluding carboxylic acids is 1.